The first-order valence-corrected chi connectivity index (χ1v) is 14.3. The molecule has 0 spiro atoms. The second kappa shape index (κ2) is 17.6. The molecular weight excluding hydrogens is 445 g/mol. The minimum atomic E-state index is -0.293. The number of rotatable bonds is 20. The zero-order valence-electron chi connectivity index (χ0n) is 23.3. The van der Waals surface area contributed by atoms with E-state index in [0.717, 1.165) is 77.2 Å². The van der Waals surface area contributed by atoms with Crippen molar-refractivity contribution in [3.63, 3.8) is 0 Å². The molecule has 0 heterocycles. The Morgan fingerprint density at radius 3 is 1.85 bits per heavy atom. The van der Waals surface area contributed by atoms with Crippen molar-refractivity contribution in [3.8, 4) is 0 Å². The van der Waals surface area contributed by atoms with E-state index in [9.17, 15) is 14.4 Å². The lowest BCUT2D eigenvalue weighted by molar-refractivity contribution is -0.150. The monoisotopic (exact) mass is 496 g/mol. The Morgan fingerprint density at radius 1 is 0.853 bits per heavy atom. The van der Waals surface area contributed by atoms with Crippen LogP contribution < -0.4 is 0 Å². The van der Waals surface area contributed by atoms with E-state index in [1.807, 2.05) is 54.9 Å². The normalized spacial score (nSPS) is 13.1. The van der Waals surface area contributed by atoms with Crippen LogP contribution in [-0.2, 0) is 19.1 Å². The van der Waals surface area contributed by atoms with E-state index in [1.54, 1.807) is 7.28 Å². The Labute approximate surface area is 215 Å². The Bertz CT molecular complexity index is 569. The molecular formula is C27H51BNO4S. The first-order valence-electron chi connectivity index (χ1n) is 13.1. The van der Waals surface area contributed by atoms with E-state index < -0.39 is 0 Å². The SMILES string of the molecule is C[B]C(=O)C(C)(C)CCCCCC(CCCCCC(C)(C)C(=O)SC)OC(=O)CCCN(C)C. The minimum Gasteiger partial charge on any atom is -0.462 e. The second-order valence-electron chi connectivity index (χ2n) is 11.1. The van der Waals surface area contributed by atoms with Crippen LogP contribution in [0.3, 0.4) is 0 Å². The molecule has 0 N–H and O–H groups in total. The largest absolute Gasteiger partial charge is 0.462 e. The smallest absolute Gasteiger partial charge is 0.306 e. The van der Waals surface area contributed by atoms with Gasteiger partial charge in [0.15, 0.2) is 12.4 Å². The lowest BCUT2D eigenvalue weighted by Gasteiger charge is -2.23. The van der Waals surface area contributed by atoms with Gasteiger partial charge in [-0.3, -0.25) is 9.59 Å². The molecule has 0 saturated heterocycles. The summed E-state index contributed by atoms with van der Waals surface area (Å²) in [6, 6.07) is 0. The summed E-state index contributed by atoms with van der Waals surface area (Å²) in [5, 5.41) is 0.249. The molecule has 7 heteroatoms. The van der Waals surface area contributed by atoms with Gasteiger partial charge in [0.05, 0.1) is 5.68 Å². The predicted octanol–water partition coefficient (Wildman–Crippen LogP) is 6.36. The number of thioether (sulfide) groups is 1. The number of nitrogens with zero attached hydrogens (tertiary/aromatic N) is 1. The fourth-order valence-electron chi connectivity index (χ4n) is 4.17. The summed E-state index contributed by atoms with van der Waals surface area (Å²) in [5.41, 5.74) is -0.361. The molecule has 0 rings (SSSR count). The molecule has 0 bridgehead atoms. The average Bonchev–Trinajstić information content (AvgIpc) is 2.76. The van der Waals surface area contributed by atoms with E-state index >= 15 is 0 Å². The summed E-state index contributed by atoms with van der Waals surface area (Å²) in [7, 11) is 5.69. The second-order valence-corrected chi connectivity index (χ2v) is 11.9. The first kappa shape index (κ1) is 33.2. The molecule has 0 aliphatic heterocycles. The van der Waals surface area contributed by atoms with Crippen molar-refractivity contribution in [2.24, 2.45) is 10.8 Å². The molecule has 0 aromatic rings. The highest BCUT2D eigenvalue weighted by Gasteiger charge is 2.26. The first-order chi connectivity index (χ1) is 15.9. The van der Waals surface area contributed by atoms with Crippen LogP contribution in [0.25, 0.3) is 0 Å². The summed E-state index contributed by atoms with van der Waals surface area (Å²) in [5.74, 6) is -0.0937. The third-order valence-electron chi connectivity index (χ3n) is 6.61. The highest BCUT2D eigenvalue weighted by atomic mass is 32.2. The maximum absolute atomic E-state index is 12.4. The third-order valence-corrected chi connectivity index (χ3v) is 7.53. The average molecular weight is 497 g/mol. The number of ether oxygens (including phenoxy) is 1. The summed E-state index contributed by atoms with van der Waals surface area (Å²) < 4.78 is 5.86. The summed E-state index contributed by atoms with van der Waals surface area (Å²) in [6.45, 7) is 10.8. The number of unbranched alkanes of at least 4 members (excludes halogenated alkanes) is 4. The Morgan fingerprint density at radius 2 is 1.38 bits per heavy atom. The van der Waals surface area contributed by atoms with Gasteiger partial charge in [-0.05, 0) is 71.8 Å². The van der Waals surface area contributed by atoms with Crippen LogP contribution in [-0.4, -0.2) is 61.9 Å². The van der Waals surface area contributed by atoms with Gasteiger partial charge < -0.3 is 14.4 Å². The molecule has 34 heavy (non-hydrogen) atoms. The fraction of sp³-hybridized carbons (Fsp3) is 0.889. The van der Waals surface area contributed by atoms with Crippen molar-refractivity contribution < 1.29 is 19.1 Å². The maximum Gasteiger partial charge on any atom is 0.306 e. The number of carbonyl (C=O) groups is 3. The molecule has 0 fully saturated rings. The molecule has 5 nitrogen and oxygen atoms in total. The van der Waals surface area contributed by atoms with Gasteiger partial charge in [0.2, 0.25) is 0 Å². The molecule has 0 aromatic carbocycles. The summed E-state index contributed by atoms with van der Waals surface area (Å²) in [6.07, 6.45) is 12.7. The minimum absolute atomic E-state index is 0.0358. The van der Waals surface area contributed by atoms with Gasteiger partial charge in [-0.25, -0.2) is 0 Å². The Kier molecular flexibility index (Phi) is 17.2. The zero-order chi connectivity index (χ0) is 26.2. The van der Waals surface area contributed by atoms with Gasteiger partial charge in [-0.2, -0.15) is 0 Å². The van der Waals surface area contributed by atoms with E-state index in [4.69, 9.17) is 4.74 Å². The van der Waals surface area contributed by atoms with Crippen LogP contribution in [0.1, 0.15) is 105 Å². The standard InChI is InChI=1S/C27H51BNO4S/c1-26(2,24(31)28-5)19-13-9-11-16-22(33-23(30)18-15-21-29(6)7)17-12-10-14-20-27(3,4)25(32)34-8/h22H,9-21H2,1-8H3. The molecule has 1 atom stereocenters. The van der Waals surface area contributed by atoms with Crippen LogP contribution in [0.4, 0.5) is 0 Å². The van der Waals surface area contributed by atoms with Crippen molar-refractivity contribution in [1.82, 2.24) is 4.90 Å². The number of hydrogen-bond acceptors (Lipinski definition) is 6. The van der Waals surface area contributed by atoms with Crippen molar-refractivity contribution in [2.45, 2.75) is 118 Å². The van der Waals surface area contributed by atoms with Gasteiger partial charge in [0.1, 0.15) is 6.10 Å². The quantitative estimate of drug-likeness (QED) is 0.111. The summed E-state index contributed by atoms with van der Waals surface area (Å²) >= 11 is 1.31. The van der Waals surface area contributed by atoms with Crippen LogP contribution in [0.5, 0.6) is 0 Å². The highest BCUT2D eigenvalue weighted by Crippen LogP contribution is 2.29. The third kappa shape index (κ3) is 15.2. The Hall–Kier alpha value is -0.815. The topological polar surface area (TPSA) is 63.7 Å². The van der Waals surface area contributed by atoms with Crippen LogP contribution in [0.15, 0.2) is 0 Å². The molecule has 197 valence electrons. The van der Waals surface area contributed by atoms with Crippen molar-refractivity contribution >= 4 is 35.8 Å². The van der Waals surface area contributed by atoms with Crippen molar-refractivity contribution in [1.29, 1.82) is 0 Å². The van der Waals surface area contributed by atoms with Gasteiger partial charge >= 0.3 is 5.97 Å². The molecule has 0 amide bonds. The fourth-order valence-corrected chi connectivity index (χ4v) is 4.83. The predicted molar refractivity (Wildman–Crippen MR) is 147 cm³/mol. The van der Waals surface area contributed by atoms with Crippen LogP contribution >= 0.6 is 11.8 Å². The van der Waals surface area contributed by atoms with Crippen molar-refractivity contribution in [2.75, 3.05) is 26.9 Å². The lowest BCUT2D eigenvalue weighted by atomic mass is 9.63. The highest BCUT2D eigenvalue weighted by molar-refractivity contribution is 8.13. The van der Waals surface area contributed by atoms with Gasteiger partial charge in [0, 0.05) is 17.3 Å². The van der Waals surface area contributed by atoms with Crippen LogP contribution in [0.2, 0.25) is 6.82 Å². The number of carbonyl (C=O) groups excluding carboxylic acids is 3. The number of esters is 1. The molecule has 1 unspecified atom stereocenters. The lowest BCUT2D eigenvalue weighted by Crippen LogP contribution is -2.27. The maximum atomic E-state index is 12.4. The number of hydrogen-bond donors (Lipinski definition) is 0. The van der Waals surface area contributed by atoms with Gasteiger partial charge in [-0.15, -0.1) is 0 Å². The summed E-state index contributed by atoms with van der Waals surface area (Å²) in [4.78, 5) is 38.5. The molecule has 1 radical (unpaired) electrons. The van der Waals surface area contributed by atoms with E-state index in [2.05, 4.69) is 4.90 Å². The van der Waals surface area contributed by atoms with E-state index in [-0.39, 0.29) is 33.7 Å². The van der Waals surface area contributed by atoms with Crippen molar-refractivity contribution in [3.05, 3.63) is 0 Å². The van der Waals surface area contributed by atoms with E-state index in [0.29, 0.717) is 6.42 Å². The zero-order valence-corrected chi connectivity index (χ0v) is 24.2. The molecule has 0 saturated carbocycles. The Balaban J connectivity index is 4.53. The van der Waals surface area contributed by atoms with Gasteiger partial charge in [-0.1, -0.05) is 72.0 Å². The molecule has 0 aliphatic rings. The molecule has 0 aliphatic carbocycles. The van der Waals surface area contributed by atoms with Crippen LogP contribution in [0, 0.1) is 10.8 Å². The van der Waals surface area contributed by atoms with Gasteiger partial charge in [0.25, 0.3) is 0 Å². The van der Waals surface area contributed by atoms with E-state index in [1.165, 1.54) is 11.8 Å². The molecule has 0 aromatic heterocycles.